The van der Waals surface area contributed by atoms with Crippen molar-refractivity contribution in [1.82, 2.24) is 9.97 Å². The molecule has 0 aliphatic rings. The minimum absolute atomic E-state index is 0.0965. The lowest BCUT2D eigenvalue weighted by molar-refractivity contribution is -0.156. The van der Waals surface area contributed by atoms with Crippen LogP contribution in [0.25, 0.3) is 0 Å². The Hall–Kier alpha value is -3.16. The van der Waals surface area contributed by atoms with E-state index in [1.807, 2.05) is 0 Å². The molecule has 0 N–H and O–H groups in total. The van der Waals surface area contributed by atoms with Crippen molar-refractivity contribution in [1.29, 1.82) is 0 Å². The Morgan fingerprint density at radius 3 is 2.12 bits per heavy atom. The number of nitrogens with zero attached hydrogens (tertiary/aromatic N) is 2. The molecule has 0 fully saturated rings. The van der Waals surface area contributed by atoms with Crippen LogP contribution in [0.4, 0.5) is 0 Å². The fraction of sp³-hybridized carbons (Fsp3) is 0.250. The Labute approximate surface area is 138 Å². The number of benzene rings is 1. The summed E-state index contributed by atoms with van der Waals surface area (Å²) < 4.78 is 9.92. The van der Waals surface area contributed by atoms with Crippen molar-refractivity contribution in [2.45, 2.75) is 13.3 Å². The first-order valence-electron chi connectivity index (χ1n) is 7.07. The van der Waals surface area contributed by atoms with Crippen LogP contribution in [0.15, 0.2) is 30.3 Å². The van der Waals surface area contributed by atoms with Gasteiger partial charge in [-0.3, -0.25) is 4.79 Å². The van der Waals surface area contributed by atoms with Crippen molar-refractivity contribution in [2.24, 2.45) is 0 Å². The Kier molecular flexibility index (Phi) is 5.67. The summed E-state index contributed by atoms with van der Waals surface area (Å²) in [5.74, 6) is -0.663. The van der Waals surface area contributed by atoms with Crippen LogP contribution in [0.3, 0.4) is 0 Å². The average Bonchev–Trinajstić information content (AvgIpc) is 2.64. The number of hydrogen-bond acceptors (Lipinski definition) is 8. The van der Waals surface area contributed by atoms with Crippen molar-refractivity contribution in [3.05, 3.63) is 41.5 Å². The monoisotopic (exact) mass is 332 g/mol. The minimum atomic E-state index is -0.835. The number of Topliss-reactive ketones (excluding diaryl/α,β-unsaturated/α-hetero) is 1. The first-order chi connectivity index (χ1) is 11.6. The molecule has 0 radical (unpaired) electrons. The van der Waals surface area contributed by atoms with Gasteiger partial charge in [0.15, 0.2) is 5.78 Å². The number of carbonyl (C=O) groups excluding carboxylic acids is 2. The average molecular weight is 332 g/mol. The number of hydrogen-bond donors (Lipinski definition) is 0. The first-order valence-corrected chi connectivity index (χ1v) is 7.07. The summed E-state index contributed by atoms with van der Waals surface area (Å²) in [6, 6.07) is 7.47. The van der Waals surface area contributed by atoms with E-state index in [4.69, 9.17) is 19.2 Å². The van der Waals surface area contributed by atoms with Crippen LogP contribution in [-0.4, -0.2) is 35.9 Å². The Balaban J connectivity index is 2.16. The van der Waals surface area contributed by atoms with Gasteiger partial charge in [0.1, 0.15) is 0 Å². The van der Waals surface area contributed by atoms with Crippen LogP contribution in [0.2, 0.25) is 0 Å². The smallest absolute Gasteiger partial charge is 0.387 e. The number of aromatic nitrogens is 2. The lowest BCUT2D eigenvalue weighted by atomic mass is 10.0. The zero-order chi connectivity index (χ0) is 17.5. The summed E-state index contributed by atoms with van der Waals surface area (Å²) in [5, 5.41) is 0. The van der Waals surface area contributed by atoms with Crippen molar-refractivity contribution >= 4 is 11.8 Å². The number of rotatable bonds is 7. The van der Waals surface area contributed by atoms with Crippen LogP contribution < -0.4 is 14.4 Å². The predicted octanol–water partition coefficient (Wildman–Crippen LogP) is 2.24. The third-order valence-electron chi connectivity index (χ3n) is 3.04. The molecule has 0 saturated heterocycles. The van der Waals surface area contributed by atoms with E-state index in [0.29, 0.717) is 0 Å². The maximum absolute atomic E-state index is 12.2. The molecule has 0 saturated carbocycles. The molecule has 0 unspecified atom stereocenters. The maximum Gasteiger partial charge on any atom is 0.387 e. The number of ketones is 1. The van der Waals surface area contributed by atoms with Crippen LogP contribution in [-0.2, 0) is 4.89 Å². The van der Waals surface area contributed by atoms with E-state index in [9.17, 15) is 9.59 Å². The molecule has 0 aliphatic carbocycles. The first kappa shape index (κ1) is 17.2. The van der Waals surface area contributed by atoms with Gasteiger partial charge in [0.25, 0.3) is 0 Å². The molecule has 1 aromatic carbocycles. The molecule has 8 heteroatoms. The Bertz CT molecular complexity index is 725. The van der Waals surface area contributed by atoms with Gasteiger partial charge >= 0.3 is 12.0 Å². The molecule has 2 rings (SSSR count). The molecular formula is C16H16N2O6. The summed E-state index contributed by atoms with van der Waals surface area (Å²) in [6.07, 6.45) is 0.265. The molecule has 1 heterocycles. The highest BCUT2D eigenvalue weighted by Crippen LogP contribution is 2.19. The fourth-order valence-electron chi connectivity index (χ4n) is 1.84. The van der Waals surface area contributed by atoms with Crippen molar-refractivity contribution in [2.75, 3.05) is 14.2 Å². The quantitative estimate of drug-likeness (QED) is 0.432. The van der Waals surface area contributed by atoms with Crippen LogP contribution in [0, 0.1) is 0 Å². The van der Waals surface area contributed by atoms with Gasteiger partial charge in [0, 0.05) is 12.0 Å². The molecular weight excluding hydrogens is 316 g/mol. The van der Waals surface area contributed by atoms with Crippen molar-refractivity contribution in [3.63, 3.8) is 0 Å². The summed E-state index contributed by atoms with van der Waals surface area (Å²) in [6.45, 7) is 1.71. The maximum atomic E-state index is 12.2. The lowest BCUT2D eigenvalue weighted by Crippen LogP contribution is -2.14. The van der Waals surface area contributed by atoms with Gasteiger partial charge in [-0.2, -0.15) is 9.97 Å². The summed E-state index contributed by atoms with van der Waals surface area (Å²) in [7, 11) is 2.81. The summed E-state index contributed by atoms with van der Waals surface area (Å²) in [4.78, 5) is 41.3. The van der Waals surface area contributed by atoms with E-state index < -0.39 is 5.97 Å². The molecule has 24 heavy (non-hydrogen) atoms. The van der Waals surface area contributed by atoms with E-state index in [0.717, 1.165) is 0 Å². The second-order valence-electron chi connectivity index (χ2n) is 4.51. The number of carbonyl (C=O) groups is 2. The molecule has 0 amide bonds. The van der Waals surface area contributed by atoms with Gasteiger partial charge in [-0.15, -0.1) is 0 Å². The molecule has 0 spiro atoms. The number of methoxy groups -OCH3 is 2. The molecule has 126 valence electrons. The minimum Gasteiger partial charge on any atom is -0.481 e. The van der Waals surface area contributed by atoms with Crippen molar-refractivity contribution in [3.8, 4) is 17.8 Å². The predicted molar refractivity (Wildman–Crippen MR) is 82.2 cm³/mol. The largest absolute Gasteiger partial charge is 0.481 e. The highest BCUT2D eigenvalue weighted by molar-refractivity contribution is 6.06. The second-order valence-corrected chi connectivity index (χ2v) is 4.51. The van der Waals surface area contributed by atoms with Gasteiger partial charge in [0.2, 0.25) is 11.8 Å². The van der Waals surface area contributed by atoms with E-state index in [-0.39, 0.29) is 41.1 Å². The number of ether oxygens (including phenoxy) is 2. The molecule has 2 aromatic rings. The molecule has 0 atom stereocenters. The van der Waals surface area contributed by atoms with Gasteiger partial charge in [-0.05, 0) is 6.07 Å². The third kappa shape index (κ3) is 3.97. The van der Waals surface area contributed by atoms with Crippen LogP contribution >= 0.6 is 0 Å². The van der Waals surface area contributed by atoms with Gasteiger partial charge in [-0.25, -0.2) is 14.6 Å². The van der Waals surface area contributed by atoms with E-state index >= 15 is 0 Å². The zero-order valence-corrected chi connectivity index (χ0v) is 13.4. The fourth-order valence-corrected chi connectivity index (χ4v) is 1.84. The molecule has 1 aromatic heterocycles. The molecule has 0 bridgehead atoms. The van der Waals surface area contributed by atoms with Gasteiger partial charge in [0.05, 0.1) is 25.8 Å². The normalized spacial score (nSPS) is 9.96. The summed E-state index contributed by atoms with van der Waals surface area (Å²) in [5.41, 5.74) is 0.358. The summed E-state index contributed by atoms with van der Waals surface area (Å²) >= 11 is 0. The lowest BCUT2D eigenvalue weighted by Gasteiger charge is -2.08. The van der Waals surface area contributed by atoms with Gasteiger partial charge < -0.3 is 9.47 Å². The molecule has 0 aliphatic heterocycles. The van der Waals surface area contributed by atoms with E-state index in [1.54, 1.807) is 25.1 Å². The van der Waals surface area contributed by atoms with E-state index in [2.05, 4.69) is 9.97 Å². The van der Waals surface area contributed by atoms with Crippen LogP contribution in [0.1, 0.15) is 34.1 Å². The third-order valence-corrected chi connectivity index (χ3v) is 3.04. The second kappa shape index (κ2) is 7.91. The van der Waals surface area contributed by atoms with Crippen molar-refractivity contribution < 1.29 is 28.8 Å². The van der Waals surface area contributed by atoms with E-state index in [1.165, 1.54) is 26.4 Å². The van der Waals surface area contributed by atoms with Gasteiger partial charge in [-0.1, -0.05) is 25.1 Å². The Morgan fingerprint density at radius 2 is 1.58 bits per heavy atom. The standard InChI is InChI=1S/C16H16N2O6/c1-4-12(19)10-7-5-6-8-11(10)15(20)23-24-16-17-13(21-2)9-14(18-16)22-3/h5-9H,4H2,1-3H3. The molecule has 8 nitrogen and oxygen atoms in total. The van der Waals surface area contributed by atoms with Crippen LogP contribution in [0.5, 0.6) is 17.8 Å². The SMILES string of the molecule is CCC(=O)c1ccccc1C(=O)OOc1nc(OC)cc(OC)n1. The topological polar surface area (TPSA) is 96.8 Å². The highest BCUT2D eigenvalue weighted by Gasteiger charge is 2.19. The zero-order valence-electron chi connectivity index (χ0n) is 13.4. The Morgan fingerprint density at radius 1 is 1.00 bits per heavy atom. The highest BCUT2D eigenvalue weighted by atomic mass is 17.2.